The molecule has 1 aromatic heterocycles. The Morgan fingerprint density at radius 3 is 2.92 bits per heavy atom. The molecule has 2 saturated carbocycles. The van der Waals surface area contributed by atoms with Gasteiger partial charge in [-0.15, -0.1) is 0 Å². The lowest BCUT2D eigenvalue weighted by Crippen LogP contribution is -2.78. The van der Waals surface area contributed by atoms with E-state index < -0.39 is 17.1 Å². The van der Waals surface area contributed by atoms with Gasteiger partial charge in [0.25, 0.3) is 0 Å². The van der Waals surface area contributed by atoms with Crippen LogP contribution >= 0.6 is 0 Å². The second-order valence-corrected chi connectivity index (χ2v) is 11.5. The molecule has 7 rings (SSSR count). The molecule has 3 heterocycles. The van der Waals surface area contributed by atoms with Crippen LogP contribution in [-0.2, 0) is 16.6 Å². The number of aliphatic hydroxyl groups is 1. The lowest BCUT2D eigenvalue weighted by atomic mass is 9.48. The van der Waals surface area contributed by atoms with Crippen molar-refractivity contribution in [2.24, 2.45) is 5.92 Å². The van der Waals surface area contributed by atoms with Crippen LogP contribution in [0.15, 0.2) is 42.7 Å². The fourth-order valence-corrected chi connectivity index (χ4v) is 7.78. The van der Waals surface area contributed by atoms with Crippen molar-refractivity contribution in [1.29, 1.82) is 0 Å². The number of benzene rings is 1. The molecule has 1 aromatic carbocycles. The average molecular weight is 488 g/mol. The zero-order valence-corrected chi connectivity index (χ0v) is 20.6. The number of ether oxygens (including phenoxy) is 1. The number of phenols is 1. The summed E-state index contributed by atoms with van der Waals surface area (Å²) in [6.07, 6.45) is 11.8. The van der Waals surface area contributed by atoms with Gasteiger partial charge >= 0.3 is 0 Å². The number of nitrogens with zero attached hydrogens (tertiary/aromatic N) is 3. The minimum Gasteiger partial charge on any atom is -0.504 e. The lowest BCUT2D eigenvalue weighted by Gasteiger charge is -2.64. The number of likely N-dealkylation sites (N-methyl/N-ethyl adjacent to an activating group) is 1. The molecule has 1 amide bonds. The maximum absolute atomic E-state index is 13.3. The van der Waals surface area contributed by atoms with Gasteiger partial charge in [0.15, 0.2) is 11.5 Å². The van der Waals surface area contributed by atoms with E-state index in [1.165, 1.54) is 18.4 Å². The summed E-state index contributed by atoms with van der Waals surface area (Å²) < 4.78 is 6.59. The molecule has 1 spiro atoms. The van der Waals surface area contributed by atoms with Crippen LogP contribution in [-0.4, -0.2) is 74.8 Å². The zero-order valence-electron chi connectivity index (χ0n) is 20.6. The number of pyridine rings is 1. The molecule has 7 nitrogen and oxygen atoms in total. The molecular formula is C29H33N3O4. The lowest BCUT2D eigenvalue weighted by molar-refractivity contribution is -0.200. The summed E-state index contributed by atoms with van der Waals surface area (Å²) in [5.74, 6) is 1.29. The summed E-state index contributed by atoms with van der Waals surface area (Å²) in [5.41, 5.74) is 1.47. The van der Waals surface area contributed by atoms with Gasteiger partial charge in [0, 0.05) is 43.7 Å². The van der Waals surface area contributed by atoms with Crippen LogP contribution in [0, 0.1) is 5.92 Å². The summed E-state index contributed by atoms with van der Waals surface area (Å²) in [4.78, 5) is 21.7. The Morgan fingerprint density at radius 1 is 1.28 bits per heavy atom. The van der Waals surface area contributed by atoms with Gasteiger partial charge in [-0.2, -0.15) is 0 Å². The van der Waals surface area contributed by atoms with E-state index in [1.54, 1.807) is 35.5 Å². The summed E-state index contributed by atoms with van der Waals surface area (Å²) in [6.45, 7) is 1.96. The van der Waals surface area contributed by atoms with Crippen LogP contribution in [0.5, 0.6) is 11.5 Å². The quantitative estimate of drug-likeness (QED) is 0.631. The minimum atomic E-state index is -0.942. The van der Waals surface area contributed by atoms with Gasteiger partial charge < -0.3 is 19.8 Å². The van der Waals surface area contributed by atoms with Gasteiger partial charge in [-0.05, 0) is 80.3 Å². The molecule has 2 bridgehead atoms. The Morgan fingerprint density at radius 2 is 2.14 bits per heavy atom. The largest absolute Gasteiger partial charge is 0.504 e. The average Bonchev–Trinajstić information content (AvgIpc) is 3.63. The fraction of sp³-hybridized carbons (Fsp3) is 0.517. The second-order valence-electron chi connectivity index (χ2n) is 11.5. The van der Waals surface area contributed by atoms with Gasteiger partial charge in [0.1, 0.15) is 6.10 Å². The summed E-state index contributed by atoms with van der Waals surface area (Å²) in [5, 5.41) is 23.4. The normalized spacial score (nSPS) is 34.3. The first-order valence-electron chi connectivity index (χ1n) is 13.3. The molecule has 5 atom stereocenters. The van der Waals surface area contributed by atoms with E-state index in [0.29, 0.717) is 18.6 Å². The number of aromatic nitrogens is 1. The van der Waals surface area contributed by atoms with Crippen molar-refractivity contribution in [1.82, 2.24) is 14.8 Å². The minimum absolute atomic E-state index is 0.0355. The second kappa shape index (κ2) is 7.80. The highest BCUT2D eigenvalue weighted by Crippen LogP contribution is 2.66. The van der Waals surface area contributed by atoms with E-state index in [0.717, 1.165) is 43.0 Å². The molecule has 2 aromatic rings. The number of hydrogen-bond donors (Lipinski definition) is 2. The number of aromatic hydroxyl groups is 1. The van der Waals surface area contributed by atoms with Crippen molar-refractivity contribution in [3.05, 3.63) is 59.4 Å². The van der Waals surface area contributed by atoms with Crippen molar-refractivity contribution in [3.63, 3.8) is 0 Å². The van der Waals surface area contributed by atoms with Crippen molar-refractivity contribution >= 4 is 12.0 Å². The first kappa shape index (κ1) is 22.3. The van der Waals surface area contributed by atoms with E-state index in [4.69, 9.17) is 4.74 Å². The van der Waals surface area contributed by atoms with E-state index >= 15 is 0 Å². The first-order chi connectivity index (χ1) is 17.4. The standard InChI is InChI=1S/C29H33N3O4/c1-31(24(34)9-6-18-3-2-13-30-16-18)21-10-11-29(35)23-15-20-7-8-22(33)26-25(20)28(29,27(21)36-26)12-14-32(23)17-19-4-5-19/h2-3,6-9,13,16,19,21,23,27,33,35H,4-5,10-12,14-15,17H2,1H3/b9-6+/t21?,23-,27?,28+,29-/m1/s1. The number of rotatable bonds is 5. The van der Waals surface area contributed by atoms with Crippen molar-refractivity contribution in [2.45, 2.75) is 67.7 Å². The highest BCUT2D eigenvalue weighted by Gasteiger charge is 2.73. The van der Waals surface area contributed by atoms with Gasteiger partial charge in [0.2, 0.25) is 5.91 Å². The Hall–Kier alpha value is -2.90. The summed E-state index contributed by atoms with van der Waals surface area (Å²) in [7, 11) is 1.83. The third-order valence-electron chi connectivity index (χ3n) is 9.68. The smallest absolute Gasteiger partial charge is 0.246 e. The number of carbonyl (C=O) groups is 1. The Labute approximate surface area is 211 Å². The molecule has 36 heavy (non-hydrogen) atoms. The molecule has 2 N–H and O–H groups in total. The van der Waals surface area contributed by atoms with E-state index in [-0.39, 0.29) is 23.7 Å². The molecule has 5 aliphatic rings. The Bertz CT molecular complexity index is 1240. The predicted octanol–water partition coefficient (Wildman–Crippen LogP) is 2.89. The molecule has 0 radical (unpaired) electrons. The van der Waals surface area contributed by atoms with Crippen LogP contribution in [0.3, 0.4) is 0 Å². The van der Waals surface area contributed by atoms with Crippen LogP contribution in [0.4, 0.5) is 0 Å². The molecule has 2 unspecified atom stereocenters. The highest BCUT2D eigenvalue weighted by molar-refractivity contribution is 5.92. The third kappa shape index (κ3) is 2.99. The Balaban J connectivity index is 1.26. The monoisotopic (exact) mass is 487 g/mol. The van der Waals surface area contributed by atoms with Crippen LogP contribution in [0.25, 0.3) is 6.08 Å². The van der Waals surface area contributed by atoms with Crippen molar-refractivity contribution in [3.8, 4) is 11.5 Å². The first-order valence-corrected chi connectivity index (χ1v) is 13.3. The zero-order chi connectivity index (χ0) is 24.7. The van der Waals surface area contributed by atoms with Crippen molar-refractivity contribution < 1.29 is 19.7 Å². The van der Waals surface area contributed by atoms with Gasteiger partial charge in [-0.25, -0.2) is 0 Å². The highest BCUT2D eigenvalue weighted by atomic mass is 16.5. The number of amides is 1. The number of piperidine rings is 1. The molecule has 1 saturated heterocycles. The number of carbonyl (C=O) groups excluding carboxylic acids is 1. The van der Waals surface area contributed by atoms with E-state index in [2.05, 4.69) is 9.88 Å². The number of phenolic OH excluding ortho intramolecular Hbond substituents is 1. The SMILES string of the molecule is CN(C(=O)/C=C/c1cccnc1)C1CC[C@@]2(O)[C@H]3Cc4ccc(O)c5c4[C@@]2(CCN3CC2CC2)C1O5. The molecule has 7 heteroatoms. The Kier molecular flexibility index (Phi) is 4.83. The van der Waals surface area contributed by atoms with E-state index in [1.807, 2.05) is 25.2 Å². The molecule has 3 aliphatic carbocycles. The van der Waals surface area contributed by atoms with Crippen LogP contribution in [0.2, 0.25) is 0 Å². The van der Waals surface area contributed by atoms with Gasteiger partial charge in [-0.1, -0.05) is 12.1 Å². The summed E-state index contributed by atoms with van der Waals surface area (Å²) >= 11 is 0. The van der Waals surface area contributed by atoms with Gasteiger partial charge in [0.05, 0.1) is 17.1 Å². The predicted molar refractivity (Wildman–Crippen MR) is 135 cm³/mol. The summed E-state index contributed by atoms with van der Waals surface area (Å²) in [6, 6.07) is 7.34. The third-order valence-corrected chi connectivity index (χ3v) is 9.68. The molecule has 3 fully saturated rings. The maximum atomic E-state index is 13.3. The molecular weight excluding hydrogens is 454 g/mol. The topological polar surface area (TPSA) is 86.1 Å². The van der Waals surface area contributed by atoms with Gasteiger partial charge in [-0.3, -0.25) is 14.7 Å². The number of likely N-dealkylation sites (tertiary alicyclic amines) is 1. The van der Waals surface area contributed by atoms with Crippen molar-refractivity contribution in [2.75, 3.05) is 20.1 Å². The maximum Gasteiger partial charge on any atom is 0.246 e. The number of hydrogen-bond acceptors (Lipinski definition) is 6. The van der Waals surface area contributed by atoms with Crippen LogP contribution in [0.1, 0.15) is 48.8 Å². The molecule has 188 valence electrons. The van der Waals surface area contributed by atoms with Crippen LogP contribution < -0.4 is 4.74 Å². The fourth-order valence-electron chi connectivity index (χ4n) is 7.78. The molecule has 2 aliphatic heterocycles. The van der Waals surface area contributed by atoms with E-state index in [9.17, 15) is 15.0 Å².